The van der Waals surface area contributed by atoms with E-state index in [9.17, 15) is 5.11 Å². The largest absolute Gasteiger partial charge is 0.391 e. The number of nitrogens with zero attached hydrogens (tertiary/aromatic N) is 4. The highest BCUT2D eigenvalue weighted by Gasteiger charge is 2.20. The number of fused-ring (bicyclic) bond motifs is 1. The predicted molar refractivity (Wildman–Crippen MR) is 84.3 cm³/mol. The number of anilines is 1. The summed E-state index contributed by atoms with van der Waals surface area (Å²) in [7, 11) is 0. The molecule has 21 heavy (non-hydrogen) atoms. The lowest BCUT2D eigenvalue weighted by atomic mass is 10.0. The van der Waals surface area contributed by atoms with Gasteiger partial charge in [0.1, 0.15) is 11.8 Å². The zero-order valence-corrected chi connectivity index (χ0v) is 13.0. The van der Waals surface area contributed by atoms with Crippen LogP contribution in [0, 0.1) is 0 Å². The predicted octanol–water partition coefficient (Wildman–Crippen LogP) is 2.52. The van der Waals surface area contributed by atoms with Crippen LogP contribution in [0.4, 0.5) is 5.82 Å². The van der Waals surface area contributed by atoms with Crippen LogP contribution < -0.4 is 5.73 Å². The van der Waals surface area contributed by atoms with Crippen molar-refractivity contribution in [3.8, 4) is 0 Å². The summed E-state index contributed by atoms with van der Waals surface area (Å²) in [5.41, 5.74) is 7.06. The number of hydrogen-bond acceptors (Lipinski definition) is 5. The van der Waals surface area contributed by atoms with Crippen molar-refractivity contribution in [2.45, 2.75) is 51.2 Å². The molecule has 0 aliphatic rings. The maximum Gasteiger partial charge on any atom is 0.165 e. The third-order valence-corrected chi connectivity index (χ3v) is 3.95. The minimum atomic E-state index is -0.480. The summed E-state index contributed by atoms with van der Waals surface area (Å²) in [4.78, 5) is 12.4. The van der Waals surface area contributed by atoms with Crippen LogP contribution in [-0.2, 0) is 0 Å². The molecule has 0 saturated carbocycles. The minimum absolute atomic E-state index is 0.0553. The zero-order valence-electron chi connectivity index (χ0n) is 12.2. The third kappa shape index (κ3) is 3.83. The van der Waals surface area contributed by atoms with E-state index in [2.05, 4.69) is 15.0 Å². The monoisotopic (exact) mass is 311 g/mol. The molecule has 7 heteroatoms. The van der Waals surface area contributed by atoms with Gasteiger partial charge in [0.2, 0.25) is 0 Å². The lowest BCUT2D eigenvalue weighted by Crippen LogP contribution is -2.21. The van der Waals surface area contributed by atoms with Crippen LogP contribution in [-0.4, -0.2) is 36.6 Å². The van der Waals surface area contributed by atoms with Crippen molar-refractivity contribution < 1.29 is 5.11 Å². The molecule has 2 atom stereocenters. The molecule has 6 nitrogen and oxygen atoms in total. The van der Waals surface area contributed by atoms with Gasteiger partial charge in [-0.2, -0.15) is 0 Å². The number of hydrogen-bond donors (Lipinski definition) is 2. The Morgan fingerprint density at radius 3 is 2.71 bits per heavy atom. The molecule has 2 heterocycles. The number of halogens is 1. The van der Waals surface area contributed by atoms with Gasteiger partial charge in [0.05, 0.1) is 18.5 Å². The van der Waals surface area contributed by atoms with Gasteiger partial charge in [-0.05, 0) is 19.8 Å². The van der Waals surface area contributed by atoms with E-state index in [0.29, 0.717) is 22.9 Å². The Hall–Kier alpha value is -1.40. The highest BCUT2D eigenvalue weighted by Crippen LogP contribution is 2.25. The van der Waals surface area contributed by atoms with Crippen molar-refractivity contribution in [1.82, 2.24) is 19.5 Å². The molecular formula is C14H22ClN5O. The normalized spacial score (nSPS) is 14.4. The van der Waals surface area contributed by atoms with Gasteiger partial charge in [0.25, 0.3) is 0 Å². The van der Waals surface area contributed by atoms with Crippen LogP contribution in [0.3, 0.4) is 0 Å². The fourth-order valence-electron chi connectivity index (χ4n) is 2.53. The summed E-state index contributed by atoms with van der Waals surface area (Å²) < 4.78 is 1.90. The standard InChI is InChI=1S/C14H22ClN5O/c1-10(21)11(6-4-2-3-5-7-15)20-9-19-12-13(16)17-8-18-14(12)20/h8-11,21H,2-7H2,1H3,(H2,16,17,18)/t10-,11+/m0/s1. The molecule has 0 aliphatic heterocycles. The molecule has 0 radical (unpaired) electrons. The number of nitrogens with two attached hydrogens (primary N) is 1. The summed E-state index contributed by atoms with van der Waals surface area (Å²) in [6, 6.07) is -0.0553. The highest BCUT2D eigenvalue weighted by atomic mass is 35.5. The first-order valence-electron chi connectivity index (χ1n) is 7.32. The molecule has 2 aromatic heterocycles. The van der Waals surface area contributed by atoms with Gasteiger partial charge in [-0.1, -0.05) is 19.3 Å². The van der Waals surface area contributed by atoms with Gasteiger partial charge < -0.3 is 15.4 Å². The number of alkyl halides is 1. The average Bonchev–Trinajstić information content (AvgIpc) is 2.88. The van der Waals surface area contributed by atoms with Crippen molar-refractivity contribution in [1.29, 1.82) is 0 Å². The van der Waals surface area contributed by atoms with E-state index in [0.717, 1.165) is 32.1 Å². The Labute approximate surface area is 129 Å². The summed E-state index contributed by atoms with van der Waals surface area (Å²) in [5.74, 6) is 1.08. The molecular weight excluding hydrogens is 290 g/mol. The zero-order chi connectivity index (χ0) is 15.2. The molecule has 0 saturated heterocycles. The van der Waals surface area contributed by atoms with Crippen molar-refractivity contribution in [2.24, 2.45) is 0 Å². The van der Waals surface area contributed by atoms with Gasteiger partial charge in [-0.25, -0.2) is 15.0 Å². The molecule has 3 N–H and O–H groups in total. The van der Waals surface area contributed by atoms with Crippen molar-refractivity contribution in [3.05, 3.63) is 12.7 Å². The molecule has 0 aromatic carbocycles. The first-order chi connectivity index (χ1) is 10.1. The van der Waals surface area contributed by atoms with Crippen LogP contribution in [0.1, 0.15) is 45.1 Å². The minimum Gasteiger partial charge on any atom is -0.391 e. The maximum absolute atomic E-state index is 10.1. The summed E-state index contributed by atoms with van der Waals surface area (Å²) in [5, 5.41) is 10.1. The van der Waals surface area contributed by atoms with E-state index in [-0.39, 0.29) is 6.04 Å². The van der Waals surface area contributed by atoms with Crippen LogP contribution in [0.25, 0.3) is 11.2 Å². The van der Waals surface area contributed by atoms with Gasteiger partial charge in [0.15, 0.2) is 11.5 Å². The molecule has 0 amide bonds. The van der Waals surface area contributed by atoms with E-state index in [1.807, 2.05) is 4.57 Å². The number of rotatable bonds is 8. The van der Waals surface area contributed by atoms with Gasteiger partial charge in [-0.15, -0.1) is 11.6 Å². The topological polar surface area (TPSA) is 89.8 Å². The third-order valence-electron chi connectivity index (χ3n) is 3.68. The molecule has 2 rings (SSSR count). The van der Waals surface area contributed by atoms with Crippen LogP contribution in [0.2, 0.25) is 0 Å². The Bertz CT molecular complexity index is 571. The van der Waals surface area contributed by atoms with Gasteiger partial charge in [-0.3, -0.25) is 0 Å². The molecule has 0 fully saturated rings. The Morgan fingerprint density at radius 2 is 2.00 bits per heavy atom. The van der Waals surface area contributed by atoms with E-state index < -0.39 is 6.10 Å². The number of aliphatic hydroxyl groups excluding tert-OH is 1. The number of aromatic nitrogens is 4. The highest BCUT2D eigenvalue weighted by molar-refractivity contribution is 6.17. The summed E-state index contributed by atoms with van der Waals surface area (Å²) >= 11 is 5.68. The quantitative estimate of drug-likeness (QED) is 0.577. The van der Waals surface area contributed by atoms with Crippen molar-refractivity contribution in [2.75, 3.05) is 11.6 Å². The smallest absolute Gasteiger partial charge is 0.165 e. The Balaban J connectivity index is 2.11. The Kier molecular flexibility index (Phi) is 5.76. The van der Waals surface area contributed by atoms with Crippen molar-refractivity contribution in [3.63, 3.8) is 0 Å². The second kappa shape index (κ2) is 7.56. The van der Waals surface area contributed by atoms with Crippen molar-refractivity contribution >= 4 is 28.6 Å². The number of aliphatic hydroxyl groups is 1. The molecule has 0 bridgehead atoms. The van der Waals surface area contributed by atoms with Gasteiger partial charge in [0, 0.05) is 5.88 Å². The van der Waals surface area contributed by atoms with Gasteiger partial charge >= 0.3 is 0 Å². The lowest BCUT2D eigenvalue weighted by molar-refractivity contribution is 0.124. The molecule has 116 valence electrons. The maximum atomic E-state index is 10.1. The van der Waals surface area contributed by atoms with Crippen LogP contribution in [0.15, 0.2) is 12.7 Å². The summed E-state index contributed by atoms with van der Waals surface area (Å²) in [6.45, 7) is 1.79. The fraction of sp³-hybridized carbons (Fsp3) is 0.643. The summed E-state index contributed by atoms with van der Waals surface area (Å²) in [6.07, 6.45) is 7.81. The Morgan fingerprint density at radius 1 is 1.24 bits per heavy atom. The van der Waals surface area contributed by atoms with E-state index in [1.54, 1.807) is 13.3 Å². The average molecular weight is 312 g/mol. The molecule has 0 unspecified atom stereocenters. The first kappa shape index (κ1) is 16.0. The molecule has 0 spiro atoms. The lowest BCUT2D eigenvalue weighted by Gasteiger charge is -2.21. The van der Waals surface area contributed by atoms with Crippen LogP contribution >= 0.6 is 11.6 Å². The number of nitrogen functional groups attached to an aromatic ring is 1. The van der Waals surface area contributed by atoms with Crippen LogP contribution in [0.5, 0.6) is 0 Å². The van der Waals surface area contributed by atoms with E-state index >= 15 is 0 Å². The van der Waals surface area contributed by atoms with E-state index in [4.69, 9.17) is 17.3 Å². The fourth-order valence-corrected chi connectivity index (χ4v) is 2.72. The second-order valence-corrected chi connectivity index (χ2v) is 5.66. The SMILES string of the molecule is C[C@H](O)[C@@H](CCCCCCCl)n1cnc2c(N)ncnc21. The van der Waals surface area contributed by atoms with E-state index in [1.165, 1.54) is 6.33 Å². The first-order valence-corrected chi connectivity index (χ1v) is 7.85. The molecule has 0 aliphatic carbocycles. The number of unbranched alkanes of at least 4 members (excludes halogenated alkanes) is 3. The number of imidazole rings is 1. The second-order valence-electron chi connectivity index (χ2n) is 5.28. The molecule has 2 aromatic rings.